The van der Waals surface area contributed by atoms with Crippen LogP contribution in [0.25, 0.3) is 10.9 Å². The van der Waals surface area contributed by atoms with Crippen molar-refractivity contribution in [1.82, 2.24) is 15.0 Å². The zero-order chi connectivity index (χ0) is 18.6. The number of anilines is 3. The molecule has 0 radical (unpaired) electrons. The van der Waals surface area contributed by atoms with E-state index in [0.29, 0.717) is 28.4 Å². The van der Waals surface area contributed by atoms with E-state index in [4.69, 9.17) is 0 Å². The first-order chi connectivity index (χ1) is 13.2. The van der Waals surface area contributed by atoms with Gasteiger partial charge in [-0.1, -0.05) is 18.2 Å². The monoisotopic (exact) mass is 359 g/mol. The number of aromatic nitrogens is 3. The number of benzene rings is 2. The van der Waals surface area contributed by atoms with Gasteiger partial charge >= 0.3 is 0 Å². The van der Waals surface area contributed by atoms with Crippen LogP contribution in [0.3, 0.4) is 0 Å². The summed E-state index contributed by atoms with van der Waals surface area (Å²) in [5.74, 6) is -0.345. The van der Waals surface area contributed by atoms with Crippen molar-refractivity contribution in [2.24, 2.45) is 0 Å². The molecule has 2 aromatic carbocycles. The first kappa shape index (κ1) is 16.6. The number of nitrogens with one attached hydrogen (secondary N) is 2. The second kappa shape index (κ2) is 7.17. The van der Waals surface area contributed by atoms with Crippen molar-refractivity contribution in [2.75, 3.05) is 10.6 Å². The molecule has 0 aliphatic rings. The van der Waals surface area contributed by atoms with Gasteiger partial charge in [-0.3, -0.25) is 9.78 Å². The number of hydrogen-bond acceptors (Lipinski definition) is 5. The Morgan fingerprint density at radius 3 is 2.41 bits per heavy atom. The predicted molar refractivity (Wildman–Crippen MR) is 101 cm³/mol. The number of halogens is 1. The molecule has 0 bridgehead atoms. The highest BCUT2D eigenvalue weighted by Gasteiger charge is 2.10. The molecule has 0 unspecified atom stereocenters. The molecule has 2 aromatic heterocycles. The van der Waals surface area contributed by atoms with E-state index in [1.165, 1.54) is 24.5 Å². The van der Waals surface area contributed by atoms with Gasteiger partial charge in [0.2, 0.25) is 5.95 Å². The van der Waals surface area contributed by atoms with E-state index in [2.05, 4.69) is 25.6 Å². The summed E-state index contributed by atoms with van der Waals surface area (Å²) in [4.78, 5) is 25.1. The molecular formula is C20H14FN5O. The van der Waals surface area contributed by atoms with Gasteiger partial charge in [0.05, 0.1) is 16.8 Å². The highest BCUT2D eigenvalue weighted by atomic mass is 19.1. The second-order valence-electron chi connectivity index (χ2n) is 5.76. The molecule has 2 N–H and O–H groups in total. The standard InChI is InChI=1S/C20H14FN5O/c21-15-6-8-16(9-7-15)25-20-23-11-14(12-24-20)19(27)26-17-5-1-3-13-4-2-10-22-18(13)17/h1-12H,(H,26,27)(H,23,24,25). The molecule has 1 amide bonds. The number of rotatable bonds is 4. The molecule has 0 saturated carbocycles. The highest BCUT2D eigenvalue weighted by molar-refractivity contribution is 6.08. The Balaban J connectivity index is 1.50. The molecule has 0 aliphatic heterocycles. The Morgan fingerprint density at radius 1 is 0.889 bits per heavy atom. The minimum Gasteiger partial charge on any atom is -0.324 e. The Bertz CT molecular complexity index is 1090. The number of para-hydroxylation sites is 1. The van der Waals surface area contributed by atoms with Gasteiger partial charge in [0.15, 0.2) is 0 Å². The summed E-state index contributed by atoms with van der Waals surface area (Å²) < 4.78 is 12.9. The number of carbonyl (C=O) groups excluding carboxylic acids is 1. The van der Waals surface area contributed by atoms with Crippen molar-refractivity contribution in [3.8, 4) is 0 Å². The van der Waals surface area contributed by atoms with E-state index < -0.39 is 0 Å². The van der Waals surface area contributed by atoms with Crippen molar-refractivity contribution < 1.29 is 9.18 Å². The number of fused-ring (bicyclic) bond motifs is 1. The third-order valence-corrected chi connectivity index (χ3v) is 3.90. The fourth-order valence-corrected chi connectivity index (χ4v) is 2.57. The van der Waals surface area contributed by atoms with Crippen molar-refractivity contribution in [2.45, 2.75) is 0 Å². The van der Waals surface area contributed by atoms with Crippen molar-refractivity contribution in [1.29, 1.82) is 0 Å². The van der Waals surface area contributed by atoms with Crippen LogP contribution in [-0.2, 0) is 0 Å². The van der Waals surface area contributed by atoms with Crippen LogP contribution in [0, 0.1) is 5.82 Å². The lowest BCUT2D eigenvalue weighted by Gasteiger charge is -2.08. The van der Waals surface area contributed by atoms with Crippen LogP contribution in [-0.4, -0.2) is 20.9 Å². The summed E-state index contributed by atoms with van der Waals surface area (Å²) in [5.41, 5.74) is 2.29. The summed E-state index contributed by atoms with van der Waals surface area (Å²) in [7, 11) is 0. The first-order valence-corrected chi connectivity index (χ1v) is 8.19. The van der Waals surface area contributed by atoms with Crippen LogP contribution in [0.2, 0.25) is 0 Å². The molecule has 27 heavy (non-hydrogen) atoms. The maximum atomic E-state index is 12.9. The fourth-order valence-electron chi connectivity index (χ4n) is 2.57. The normalized spacial score (nSPS) is 10.6. The minimum atomic E-state index is -0.332. The summed E-state index contributed by atoms with van der Waals surface area (Å²) in [6.07, 6.45) is 4.52. The molecule has 6 nitrogen and oxygen atoms in total. The van der Waals surface area contributed by atoms with E-state index in [1.807, 2.05) is 24.3 Å². The largest absolute Gasteiger partial charge is 0.324 e. The molecule has 0 aliphatic carbocycles. The zero-order valence-electron chi connectivity index (χ0n) is 14.1. The summed E-state index contributed by atoms with van der Waals surface area (Å²) >= 11 is 0. The zero-order valence-corrected chi connectivity index (χ0v) is 14.1. The third-order valence-electron chi connectivity index (χ3n) is 3.90. The Hall–Kier alpha value is -3.87. The van der Waals surface area contributed by atoms with Crippen LogP contribution in [0.5, 0.6) is 0 Å². The third kappa shape index (κ3) is 3.72. The van der Waals surface area contributed by atoms with Gasteiger partial charge in [-0.15, -0.1) is 0 Å². The fraction of sp³-hybridized carbons (Fsp3) is 0. The summed E-state index contributed by atoms with van der Waals surface area (Å²) in [5, 5.41) is 6.71. The van der Waals surface area contributed by atoms with Gasteiger partial charge in [-0.2, -0.15) is 0 Å². The Labute approximate surface area is 154 Å². The topological polar surface area (TPSA) is 79.8 Å². The molecule has 0 atom stereocenters. The first-order valence-electron chi connectivity index (χ1n) is 8.19. The molecule has 132 valence electrons. The average Bonchev–Trinajstić information content (AvgIpc) is 2.70. The van der Waals surface area contributed by atoms with E-state index in [0.717, 1.165) is 5.39 Å². The van der Waals surface area contributed by atoms with Gasteiger partial charge in [0.1, 0.15) is 5.82 Å². The van der Waals surface area contributed by atoms with E-state index in [-0.39, 0.29) is 11.7 Å². The van der Waals surface area contributed by atoms with E-state index in [9.17, 15) is 9.18 Å². The molecule has 0 spiro atoms. The maximum absolute atomic E-state index is 12.9. The quantitative estimate of drug-likeness (QED) is 0.572. The van der Waals surface area contributed by atoms with Gasteiger partial charge in [0.25, 0.3) is 5.91 Å². The van der Waals surface area contributed by atoms with Crippen LogP contribution in [0.4, 0.5) is 21.7 Å². The maximum Gasteiger partial charge on any atom is 0.258 e. The van der Waals surface area contributed by atoms with Gasteiger partial charge in [0, 0.05) is 29.7 Å². The van der Waals surface area contributed by atoms with Gasteiger partial charge in [-0.05, 0) is 36.4 Å². The molecular weight excluding hydrogens is 345 g/mol. The van der Waals surface area contributed by atoms with Crippen molar-refractivity contribution in [3.05, 3.63) is 84.6 Å². The Morgan fingerprint density at radius 2 is 1.63 bits per heavy atom. The Kier molecular flexibility index (Phi) is 4.40. The number of pyridine rings is 1. The molecule has 2 heterocycles. The number of nitrogens with zero attached hydrogens (tertiary/aromatic N) is 3. The van der Waals surface area contributed by atoms with Crippen molar-refractivity contribution in [3.63, 3.8) is 0 Å². The second-order valence-corrected chi connectivity index (χ2v) is 5.76. The summed E-state index contributed by atoms with van der Waals surface area (Å²) in [6, 6.07) is 15.2. The molecule has 7 heteroatoms. The minimum absolute atomic E-state index is 0.310. The van der Waals surface area contributed by atoms with Crippen molar-refractivity contribution >= 4 is 34.1 Å². The lowest BCUT2D eigenvalue weighted by Crippen LogP contribution is -2.13. The van der Waals surface area contributed by atoms with Crippen LogP contribution in [0.1, 0.15) is 10.4 Å². The molecule has 0 fully saturated rings. The highest BCUT2D eigenvalue weighted by Crippen LogP contribution is 2.21. The lowest BCUT2D eigenvalue weighted by molar-refractivity contribution is 0.102. The number of carbonyl (C=O) groups is 1. The summed E-state index contributed by atoms with van der Waals surface area (Å²) in [6.45, 7) is 0. The smallest absolute Gasteiger partial charge is 0.258 e. The molecule has 0 saturated heterocycles. The predicted octanol–water partition coefficient (Wildman–Crippen LogP) is 4.16. The van der Waals surface area contributed by atoms with Crippen LogP contribution in [0.15, 0.2) is 73.2 Å². The average molecular weight is 359 g/mol. The van der Waals surface area contributed by atoms with Gasteiger partial charge < -0.3 is 10.6 Å². The van der Waals surface area contributed by atoms with E-state index in [1.54, 1.807) is 24.4 Å². The number of hydrogen-bond donors (Lipinski definition) is 2. The molecule has 4 rings (SSSR count). The lowest BCUT2D eigenvalue weighted by atomic mass is 10.2. The van der Waals surface area contributed by atoms with Gasteiger partial charge in [-0.25, -0.2) is 14.4 Å². The van der Waals surface area contributed by atoms with E-state index >= 15 is 0 Å². The van der Waals surface area contributed by atoms with Crippen LogP contribution >= 0.6 is 0 Å². The molecule has 4 aromatic rings. The number of amides is 1. The SMILES string of the molecule is O=C(Nc1cccc2cccnc12)c1cnc(Nc2ccc(F)cc2)nc1. The van der Waals surface area contributed by atoms with Crippen LogP contribution < -0.4 is 10.6 Å².